The van der Waals surface area contributed by atoms with Crippen LogP contribution in [-0.2, 0) is 6.18 Å². The number of nitrogens with zero attached hydrogens (tertiary/aromatic N) is 6. The van der Waals surface area contributed by atoms with E-state index in [1.807, 2.05) is 160 Å². The van der Waals surface area contributed by atoms with E-state index in [9.17, 15) is 13.2 Å². The van der Waals surface area contributed by atoms with Gasteiger partial charge in [-0.2, -0.15) is 13.2 Å². The average molecular weight is 1370 g/mol. The highest BCUT2D eigenvalue weighted by Gasteiger charge is 2.30. The molecule has 0 saturated carbocycles. The Morgan fingerprint density at radius 1 is 0.229 bits per heavy atom. The lowest BCUT2D eigenvalue weighted by molar-refractivity contribution is -0.137. The molecule has 0 radical (unpaired) electrons. The first kappa shape index (κ1) is 70.3. The smallest absolute Gasteiger partial charge is 0.255 e. The summed E-state index contributed by atoms with van der Waals surface area (Å²) in [7, 11) is 0. The number of hydrogen-bond acceptors (Lipinski definition) is 6. The second-order valence-corrected chi connectivity index (χ2v) is 25.8. The Morgan fingerprint density at radius 3 is 0.676 bits per heavy atom. The standard InChI is InChI=1S/C33H25F3N2.C33H28N2.C30H22N2/c1-22-6-10-25(11-7-22)30-19-27(24-14-16-28(17-15-24)33(34,35)36)20-31(26-12-8-23(2)9-13-26)32(30)38-21-29-5-3-4-18-37-29;1-23-7-13-26(14-8-23)29-20-31(27-15-9-24(2)10-16-27)33(35-22-30-6-4-5-19-34-30)32(21-29)28-17-11-25(3)12-18-28;1-4-12-23(13-5-1)26-20-28(24-14-6-2-7-15-24)30(32-22-27-18-10-11-19-31-27)29(21-26)25-16-8-3-9-17-25/h3-21H,1-2H3;4-22H,1-3H3;1-22H. The maximum absolute atomic E-state index is 13.2. The van der Waals surface area contributed by atoms with E-state index in [0.717, 1.165) is 130 Å². The molecule has 0 amide bonds. The molecular weight excluding hydrogens is 1290 g/mol. The van der Waals surface area contributed by atoms with Crippen molar-refractivity contribution in [3.63, 3.8) is 0 Å². The number of pyridine rings is 3. The van der Waals surface area contributed by atoms with Crippen molar-refractivity contribution >= 4 is 35.7 Å². The maximum atomic E-state index is 13.2. The fourth-order valence-electron chi connectivity index (χ4n) is 12.3. The second kappa shape index (κ2) is 33.1. The second-order valence-electron chi connectivity index (χ2n) is 25.8. The van der Waals surface area contributed by atoms with Gasteiger partial charge in [-0.3, -0.25) is 29.9 Å². The largest absolute Gasteiger partial charge is 0.416 e. The van der Waals surface area contributed by atoms with Crippen molar-refractivity contribution in [2.75, 3.05) is 0 Å². The van der Waals surface area contributed by atoms with Gasteiger partial charge in [-0.05, 0) is 186 Å². The molecule has 15 rings (SSSR count). The summed E-state index contributed by atoms with van der Waals surface area (Å²) < 4.78 is 39.6. The molecule has 0 aliphatic rings. The molecular formula is C96H75F3N6. The Bertz CT molecular complexity index is 5270. The third kappa shape index (κ3) is 18.0. The van der Waals surface area contributed by atoms with Gasteiger partial charge in [0, 0.05) is 52.0 Å². The first-order chi connectivity index (χ1) is 51.2. The predicted octanol–water partition coefficient (Wildman–Crippen LogP) is 26.1. The van der Waals surface area contributed by atoms with E-state index in [1.165, 1.54) is 51.1 Å². The third-order valence-corrected chi connectivity index (χ3v) is 18.0. The molecule has 6 nitrogen and oxygen atoms in total. The van der Waals surface area contributed by atoms with Crippen LogP contribution in [0.15, 0.2) is 361 Å². The fourth-order valence-corrected chi connectivity index (χ4v) is 12.3. The number of aliphatic imine (C=N–C) groups is 3. The van der Waals surface area contributed by atoms with Crippen LogP contribution < -0.4 is 0 Å². The summed E-state index contributed by atoms with van der Waals surface area (Å²) in [6.07, 6.45) is 6.36. The molecule has 0 spiro atoms. The van der Waals surface area contributed by atoms with Crippen LogP contribution in [0.25, 0.3) is 100 Å². The fraction of sp³-hybridized carbons (Fsp3) is 0.0625. The summed E-state index contributed by atoms with van der Waals surface area (Å²) in [5.74, 6) is 0. The van der Waals surface area contributed by atoms with Gasteiger partial charge in [-0.1, -0.05) is 270 Å². The van der Waals surface area contributed by atoms with Crippen molar-refractivity contribution in [3.8, 4) is 100 Å². The van der Waals surface area contributed by atoms with E-state index in [2.05, 4.69) is 206 Å². The molecule has 3 aromatic heterocycles. The Hall–Kier alpha value is -13.1. The molecule has 0 unspecified atom stereocenters. The van der Waals surface area contributed by atoms with Crippen LogP contribution in [0.2, 0.25) is 0 Å². The quantitative estimate of drug-likeness (QED) is 0.0960. The lowest BCUT2D eigenvalue weighted by atomic mass is 9.90. The van der Waals surface area contributed by atoms with Gasteiger partial charge in [0.05, 0.1) is 58.4 Å². The van der Waals surface area contributed by atoms with Gasteiger partial charge in [0.1, 0.15) is 0 Å². The molecule has 3 heterocycles. The molecule has 12 aromatic carbocycles. The minimum atomic E-state index is -4.39. The Morgan fingerprint density at radius 2 is 0.438 bits per heavy atom. The van der Waals surface area contributed by atoms with Crippen LogP contribution in [0.4, 0.5) is 30.2 Å². The zero-order valence-corrected chi connectivity index (χ0v) is 59.0. The van der Waals surface area contributed by atoms with Gasteiger partial charge in [-0.15, -0.1) is 0 Å². The van der Waals surface area contributed by atoms with Crippen LogP contribution >= 0.6 is 0 Å². The van der Waals surface area contributed by atoms with Crippen LogP contribution in [0.3, 0.4) is 0 Å². The average Bonchev–Trinajstić information content (AvgIpc) is 0.786. The SMILES string of the molecule is C(=Nc1c(-c2ccccc2)cc(-c2ccccc2)cc1-c1ccccc1)c1ccccn1.Cc1ccc(-c2cc(-c3ccc(C(F)(F)F)cc3)cc(-c3ccc(C)cc3)c2N=Cc2ccccn2)cc1.Cc1ccc(-c2cc(-c3ccc(C)cc3)c(N=Cc3ccccn3)c(-c3ccc(C)cc3)c2)cc1. The first-order valence-corrected chi connectivity index (χ1v) is 34.8. The molecule has 0 saturated heterocycles. The molecule has 0 bridgehead atoms. The third-order valence-electron chi connectivity index (χ3n) is 18.0. The Kier molecular flexibility index (Phi) is 22.2. The number of aromatic nitrogens is 3. The summed E-state index contributed by atoms with van der Waals surface area (Å²) >= 11 is 0. The van der Waals surface area contributed by atoms with Gasteiger partial charge in [-0.25, -0.2) is 0 Å². The van der Waals surface area contributed by atoms with Crippen LogP contribution in [0, 0.1) is 34.6 Å². The minimum absolute atomic E-state index is 0.671. The Labute approximate surface area is 612 Å². The zero-order valence-electron chi connectivity index (χ0n) is 59.0. The molecule has 0 aliphatic carbocycles. The van der Waals surface area contributed by atoms with Gasteiger partial charge in [0.2, 0.25) is 0 Å². The van der Waals surface area contributed by atoms with E-state index in [0.29, 0.717) is 5.56 Å². The Balaban J connectivity index is 0.000000140. The summed E-state index contributed by atoms with van der Waals surface area (Å²) in [4.78, 5) is 28.2. The van der Waals surface area contributed by atoms with Crippen LogP contribution in [-0.4, -0.2) is 33.6 Å². The van der Waals surface area contributed by atoms with Crippen molar-refractivity contribution in [2.45, 2.75) is 40.8 Å². The predicted molar refractivity (Wildman–Crippen MR) is 431 cm³/mol. The number of hydrogen-bond donors (Lipinski definition) is 0. The zero-order chi connectivity index (χ0) is 72.5. The van der Waals surface area contributed by atoms with Gasteiger partial charge >= 0.3 is 6.18 Å². The van der Waals surface area contributed by atoms with Crippen LogP contribution in [0.5, 0.6) is 0 Å². The minimum Gasteiger partial charge on any atom is -0.255 e. The molecule has 0 N–H and O–H groups in total. The summed E-state index contributed by atoms with van der Waals surface area (Å²) in [6, 6.07) is 109. The van der Waals surface area contributed by atoms with Crippen LogP contribution in [0.1, 0.15) is 50.5 Å². The summed E-state index contributed by atoms with van der Waals surface area (Å²) in [6.45, 7) is 10.4. The van der Waals surface area contributed by atoms with E-state index >= 15 is 0 Å². The highest BCUT2D eigenvalue weighted by atomic mass is 19.4. The number of aryl methyl sites for hydroxylation is 5. The van der Waals surface area contributed by atoms with Crippen molar-refractivity contribution < 1.29 is 13.2 Å². The first-order valence-electron chi connectivity index (χ1n) is 34.8. The maximum Gasteiger partial charge on any atom is 0.416 e. The van der Waals surface area contributed by atoms with E-state index < -0.39 is 11.7 Å². The molecule has 105 heavy (non-hydrogen) atoms. The van der Waals surface area contributed by atoms with E-state index in [-0.39, 0.29) is 0 Å². The van der Waals surface area contributed by atoms with Gasteiger partial charge in [0.15, 0.2) is 0 Å². The summed E-state index contributed by atoms with van der Waals surface area (Å²) in [5, 5.41) is 0. The number of alkyl halides is 3. The number of rotatable bonds is 15. The summed E-state index contributed by atoms with van der Waals surface area (Å²) in [5.41, 5.74) is 29.2. The van der Waals surface area contributed by atoms with Crippen molar-refractivity contribution in [1.82, 2.24) is 15.0 Å². The highest BCUT2D eigenvalue weighted by molar-refractivity contribution is 5.99. The molecule has 9 heteroatoms. The molecule has 15 aromatic rings. The molecule has 0 aliphatic heterocycles. The molecule has 0 atom stereocenters. The highest BCUT2D eigenvalue weighted by Crippen LogP contribution is 2.47. The van der Waals surface area contributed by atoms with E-state index in [1.54, 1.807) is 24.8 Å². The van der Waals surface area contributed by atoms with Crippen molar-refractivity contribution in [2.24, 2.45) is 15.0 Å². The normalized spacial score (nSPS) is 11.3. The van der Waals surface area contributed by atoms with Crippen molar-refractivity contribution in [1.29, 1.82) is 0 Å². The number of halogens is 3. The van der Waals surface area contributed by atoms with Gasteiger partial charge < -0.3 is 0 Å². The monoisotopic (exact) mass is 1370 g/mol. The number of benzene rings is 12. The topological polar surface area (TPSA) is 75.8 Å². The lowest BCUT2D eigenvalue weighted by Crippen LogP contribution is -2.04. The van der Waals surface area contributed by atoms with E-state index in [4.69, 9.17) is 15.0 Å². The lowest BCUT2D eigenvalue weighted by Gasteiger charge is -2.16. The molecule has 510 valence electrons. The molecule has 0 fully saturated rings. The van der Waals surface area contributed by atoms with Gasteiger partial charge in [0.25, 0.3) is 0 Å². The van der Waals surface area contributed by atoms with Crippen molar-refractivity contribution in [3.05, 3.63) is 397 Å².